The normalized spacial score (nSPS) is 12.7. The van der Waals surface area contributed by atoms with E-state index in [-0.39, 0.29) is 18.2 Å². The van der Waals surface area contributed by atoms with Crippen molar-refractivity contribution in [3.8, 4) is 22.8 Å². The van der Waals surface area contributed by atoms with E-state index in [1.165, 1.54) is 12.1 Å². The first kappa shape index (κ1) is 11.5. The number of ether oxygens (including phenoxy) is 2. The van der Waals surface area contributed by atoms with Crippen LogP contribution in [0.5, 0.6) is 11.5 Å². The molecule has 1 aromatic carbocycles. The van der Waals surface area contributed by atoms with E-state index < -0.39 is 12.6 Å². The number of halogens is 1. The van der Waals surface area contributed by atoms with Gasteiger partial charge in [0.25, 0.3) is 0 Å². The number of hydrogen-bond donors (Lipinski definition) is 1. The first-order valence-electron chi connectivity index (χ1n) is 5.38. The van der Waals surface area contributed by atoms with Crippen molar-refractivity contribution in [1.82, 2.24) is 5.16 Å². The monoisotopic (exact) mass is 265 g/mol. The van der Waals surface area contributed by atoms with E-state index in [0.717, 1.165) is 0 Å². The number of alkyl halides is 1. The van der Waals surface area contributed by atoms with Crippen molar-refractivity contribution in [2.24, 2.45) is 0 Å². The molecule has 2 aromatic rings. The molecule has 1 aromatic heterocycles. The van der Waals surface area contributed by atoms with Crippen LogP contribution in [0.3, 0.4) is 0 Å². The second-order valence-electron chi connectivity index (χ2n) is 3.88. The first-order chi connectivity index (χ1) is 9.19. The van der Waals surface area contributed by atoms with Crippen LogP contribution in [0.2, 0.25) is 0 Å². The van der Waals surface area contributed by atoms with Crippen LogP contribution >= 0.6 is 0 Å². The van der Waals surface area contributed by atoms with Crippen LogP contribution in [0, 0.1) is 0 Å². The highest BCUT2D eigenvalue weighted by Crippen LogP contribution is 2.38. The zero-order valence-corrected chi connectivity index (χ0v) is 9.55. The SMILES string of the molecule is O=C(O)c1cc(-c2cc3c(cc2CF)OCO3)no1. The molecule has 1 aliphatic heterocycles. The molecule has 0 amide bonds. The van der Waals surface area contributed by atoms with Crippen molar-refractivity contribution in [2.45, 2.75) is 6.67 Å². The van der Waals surface area contributed by atoms with E-state index in [9.17, 15) is 9.18 Å². The molecular formula is C12H8FNO5. The maximum Gasteiger partial charge on any atom is 0.374 e. The second kappa shape index (κ2) is 4.27. The van der Waals surface area contributed by atoms with Crippen LogP contribution in [0.25, 0.3) is 11.3 Å². The molecule has 0 saturated heterocycles. The van der Waals surface area contributed by atoms with Crippen molar-refractivity contribution in [1.29, 1.82) is 0 Å². The molecular weight excluding hydrogens is 257 g/mol. The molecule has 3 rings (SSSR count). The number of fused-ring (bicyclic) bond motifs is 1. The molecule has 7 heteroatoms. The Hall–Kier alpha value is -2.57. The average Bonchev–Trinajstić information content (AvgIpc) is 3.05. The van der Waals surface area contributed by atoms with E-state index in [1.54, 1.807) is 6.07 Å². The molecule has 0 aliphatic carbocycles. The highest BCUT2D eigenvalue weighted by molar-refractivity contribution is 5.86. The van der Waals surface area contributed by atoms with Gasteiger partial charge in [-0.3, -0.25) is 0 Å². The Kier molecular flexibility index (Phi) is 2.59. The van der Waals surface area contributed by atoms with Gasteiger partial charge < -0.3 is 19.1 Å². The van der Waals surface area contributed by atoms with Gasteiger partial charge in [-0.05, 0) is 17.7 Å². The molecule has 0 bridgehead atoms. The Morgan fingerprint density at radius 3 is 2.68 bits per heavy atom. The fraction of sp³-hybridized carbons (Fsp3) is 0.167. The van der Waals surface area contributed by atoms with E-state index >= 15 is 0 Å². The third kappa shape index (κ3) is 1.88. The van der Waals surface area contributed by atoms with Gasteiger partial charge in [0.2, 0.25) is 12.6 Å². The third-order valence-electron chi connectivity index (χ3n) is 2.74. The molecule has 0 unspecified atom stereocenters. The van der Waals surface area contributed by atoms with Crippen molar-refractivity contribution < 1.29 is 28.3 Å². The Labute approximate surface area is 106 Å². The predicted octanol–water partition coefficient (Wildman–Crippen LogP) is 2.24. The van der Waals surface area contributed by atoms with Crippen molar-refractivity contribution in [2.75, 3.05) is 6.79 Å². The van der Waals surface area contributed by atoms with Gasteiger partial charge in [-0.15, -0.1) is 0 Å². The summed E-state index contributed by atoms with van der Waals surface area (Å²) in [7, 11) is 0. The number of carboxylic acid groups (broad SMARTS) is 1. The summed E-state index contributed by atoms with van der Waals surface area (Å²) in [5.41, 5.74) is 0.987. The summed E-state index contributed by atoms with van der Waals surface area (Å²) in [6.07, 6.45) is 0. The highest BCUT2D eigenvalue weighted by Gasteiger charge is 2.21. The number of hydrogen-bond acceptors (Lipinski definition) is 5. The number of benzene rings is 1. The van der Waals surface area contributed by atoms with Crippen LogP contribution in [0.1, 0.15) is 16.1 Å². The van der Waals surface area contributed by atoms with Gasteiger partial charge in [0.15, 0.2) is 11.5 Å². The molecule has 0 atom stereocenters. The molecule has 0 spiro atoms. The predicted molar refractivity (Wildman–Crippen MR) is 59.8 cm³/mol. The summed E-state index contributed by atoms with van der Waals surface area (Å²) >= 11 is 0. The van der Waals surface area contributed by atoms with Gasteiger partial charge in [0.1, 0.15) is 12.4 Å². The number of nitrogens with zero attached hydrogens (tertiary/aromatic N) is 1. The summed E-state index contributed by atoms with van der Waals surface area (Å²) in [6.45, 7) is -0.662. The lowest BCUT2D eigenvalue weighted by atomic mass is 10.0. The molecule has 0 radical (unpaired) electrons. The largest absolute Gasteiger partial charge is 0.475 e. The second-order valence-corrected chi connectivity index (χ2v) is 3.88. The number of rotatable bonds is 3. The van der Waals surface area contributed by atoms with Crippen molar-refractivity contribution >= 4 is 5.97 Å². The number of carbonyl (C=O) groups is 1. The zero-order valence-electron chi connectivity index (χ0n) is 9.55. The smallest absolute Gasteiger partial charge is 0.374 e. The standard InChI is InChI=1S/C12H8FNO5/c13-4-6-1-9-10(18-5-17-9)2-7(6)8-3-11(12(15)16)19-14-8/h1-3H,4-5H2,(H,15,16). The van der Waals surface area contributed by atoms with Crippen molar-refractivity contribution in [3.63, 3.8) is 0 Å². The van der Waals surface area contributed by atoms with Gasteiger partial charge in [-0.2, -0.15) is 0 Å². The summed E-state index contributed by atoms with van der Waals surface area (Å²) < 4.78 is 28.0. The molecule has 6 nitrogen and oxygen atoms in total. The number of aromatic nitrogens is 1. The van der Waals surface area contributed by atoms with Crippen LogP contribution in [-0.4, -0.2) is 23.0 Å². The molecule has 1 N–H and O–H groups in total. The minimum absolute atomic E-state index is 0.0731. The minimum atomic E-state index is -1.23. The van der Waals surface area contributed by atoms with Crippen LogP contribution in [-0.2, 0) is 6.67 Å². The maximum absolute atomic E-state index is 13.0. The first-order valence-corrected chi connectivity index (χ1v) is 5.38. The Morgan fingerprint density at radius 1 is 1.32 bits per heavy atom. The molecule has 1 aliphatic rings. The molecule has 98 valence electrons. The average molecular weight is 265 g/mol. The number of carboxylic acids is 1. The topological polar surface area (TPSA) is 81.8 Å². The Balaban J connectivity index is 2.10. The lowest BCUT2D eigenvalue weighted by Gasteiger charge is -2.05. The quantitative estimate of drug-likeness (QED) is 0.916. The molecule has 0 saturated carbocycles. The summed E-state index contributed by atoms with van der Waals surface area (Å²) in [4.78, 5) is 10.7. The van der Waals surface area contributed by atoms with Gasteiger partial charge in [0, 0.05) is 11.6 Å². The summed E-state index contributed by atoms with van der Waals surface area (Å²) in [6, 6.07) is 4.30. The number of aromatic carboxylic acids is 1. The van der Waals surface area contributed by atoms with Crippen LogP contribution in [0.4, 0.5) is 4.39 Å². The molecule has 19 heavy (non-hydrogen) atoms. The third-order valence-corrected chi connectivity index (χ3v) is 2.74. The van der Waals surface area contributed by atoms with E-state index in [2.05, 4.69) is 9.68 Å². The van der Waals surface area contributed by atoms with Crippen LogP contribution < -0.4 is 9.47 Å². The van der Waals surface area contributed by atoms with E-state index in [4.69, 9.17) is 14.6 Å². The van der Waals surface area contributed by atoms with Gasteiger partial charge in [-0.1, -0.05) is 5.16 Å². The van der Waals surface area contributed by atoms with Gasteiger partial charge >= 0.3 is 5.97 Å². The minimum Gasteiger partial charge on any atom is -0.475 e. The Bertz CT molecular complexity index is 652. The van der Waals surface area contributed by atoms with Crippen molar-refractivity contribution in [3.05, 3.63) is 29.5 Å². The van der Waals surface area contributed by atoms with E-state index in [1.807, 2.05) is 0 Å². The zero-order chi connectivity index (χ0) is 13.4. The Morgan fingerprint density at radius 2 is 2.05 bits per heavy atom. The molecule has 0 fully saturated rings. The fourth-order valence-corrected chi connectivity index (χ4v) is 1.84. The van der Waals surface area contributed by atoms with E-state index in [0.29, 0.717) is 22.6 Å². The van der Waals surface area contributed by atoms with Crippen LogP contribution in [0.15, 0.2) is 22.7 Å². The summed E-state index contributed by atoms with van der Waals surface area (Å²) in [5.74, 6) is -0.621. The fourth-order valence-electron chi connectivity index (χ4n) is 1.84. The lowest BCUT2D eigenvalue weighted by Crippen LogP contribution is -1.92. The summed E-state index contributed by atoms with van der Waals surface area (Å²) in [5, 5.41) is 12.4. The van der Waals surface area contributed by atoms with Gasteiger partial charge in [0.05, 0.1) is 0 Å². The lowest BCUT2D eigenvalue weighted by molar-refractivity contribution is 0.0652. The highest BCUT2D eigenvalue weighted by atomic mass is 19.1. The molecule has 2 heterocycles. The van der Waals surface area contributed by atoms with Gasteiger partial charge in [-0.25, -0.2) is 9.18 Å². The maximum atomic E-state index is 13.0.